The average molecular weight is 260 g/mol. The molecule has 3 atom stereocenters. The zero-order valence-corrected chi connectivity index (χ0v) is 11.9. The van der Waals surface area contributed by atoms with Crippen molar-refractivity contribution in [1.29, 1.82) is 0 Å². The predicted molar refractivity (Wildman–Crippen MR) is 77.3 cm³/mol. The Kier molecular flexibility index (Phi) is 3.87. The third kappa shape index (κ3) is 2.55. The van der Waals surface area contributed by atoms with E-state index in [1.54, 1.807) is 0 Å². The lowest BCUT2D eigenvalue weighted by Gasteiger charge is -2.38. The van der Waals surface area contributed by atoms with Gasteiger partial charge < -0.3 is 10.1 Å². The van der Waals surface area contributed by atoms with Gasteiger partial charge in [-0.05, 0) is 31.0 Å². The van der Waals surface area contributed by atoms with Crippen molar-refractivity contribution in [3.8, 4) is 0 Å². The topological polar surface area (TPSA) is 24.5 Å². The lowest BCUT2D eigenvalue weighted by molar-refractivity contribution is -0.0378. The first-order valence-electron chi connectivity index (χ1n) is 7.46. The monoisotopic (exact) mass is 260 g/mol. The number of nitrogens with zero attached hydrogens (tertiary/aromatic N) is 1. The highest BCUT2D eigenvalue weighted by Crippen LogP contribution is 2.35. The normalized spacial score (nSPS) is 31.4. The molecule has 1 saturated heterocycles. The van der Waals surface area contributed by atoms with Gasteiger partial charge in [0.1, 0.15) is 0 Å². The van der Waals surface area contributed by atoms with Crippen LogP contribution < -0.4 is 5.32 Å². The maximum atomic E-state index is 5.68. The van der Waals surface area contributed by atoms with Gasteiger partial charge in [0.2, 0.25) is 0 Å². The first-order chi connectivity index (χ1) is 9.29. The van der Waals surface area contributed by atoms with E-state index in [0.717, 1.165) is 26.2 Å². The minimum Gasteiger partial charge on any atom is -0.376 e. The molecule has 1 fully saturated rings. The Morgan fingerprint density at radius 2 is 2.21 bits per heavy atom. The van der Waals surface area contributed by atoms with E-state index in [-0.39, 0.29) is 0 Å². The smallest absolute Gasteiger partial charge is 0.0674 e. The number of benzene rings is 1. The van der Waals surface area contributed by atoms with Crippen LogP contribution in [0.15, 0.2) is 24.3 Å². The number of nitrogens with one attached hydrogen (secondary N) is 1. The van der Waals surface area contributed by atoms with Crippen LogP contribution in [0.3, 0.4) is 0 Å². The molecular weight excluding hydrogens is 236 g/mol. The summed E-state index contributed by atoms with van der Waals surface area (Å²) in [7, 11) is 0. The quantitative estimate of drug-likeness (QED) is 0.899. The zero-order valence-electron chi connectivity index (χ0n) is 11.9. The molecule has 1 N–H and O–H groups in total. The fourth-order valence-corrected chi connectivity index (χ4v) is 3.53. The molecule has 0 aromatic heterocycles. The maximum absolute atomic E-state index is 5.68. The van der Waals surface area contributed by atoms with E-state index in [1.165, 1.54) is 17.5 Å². The summed E-state index contributed by atoms with van der Waals surface area (Å²) in [4.78, 5) is 2.61. The summed E-state index contributed by atoms with van der Waals surface area (Å²) in [5.41, 5.74) is 3.01. The minimum atomic E-state index is 0.361. The summed E-state index contributed by atoms with van der Waals surface area (Å²) in [5.74, 6) is 0. The Morgan fingerprint density at radius 3 is 3.00 bits per heavy atom. The van der Waals surface area contributed by atoms with Gasteiger partial charge >= 0.3 is 0 Å². The molecule has 1 aliphatic carbocycles. The van der Waals surface area contributed by atoms with Crippen molar-refractivity contribution in [2.24, 2.45) is 0 Å². The van der Waals surface area contributed by atoms with Gasteiger partial charge in [0.05, 0.1) is 12.7 Å². The molecule has 0 bridgehead atoms. The van der Waals surface area contributed by atoms with Crippen LogP contribution in [0.5, 0.6) is 0 Å². The zero-order chi connectivity index (χ0) is 13.2. The van der Waals surface area contributed by atoms with E-state index in [4.69, 9.17) is 4.74 Å². The molecule has 2 aliphatic rings. The number of hydrogen-bond donors (Lipinski definition) is 1. The summed E-state index contributed by atoms with van der Waals surface area (Å²) in [5, 5.41) is 3.68. The van der Waals surface area contributed by atoms with E-state index in [0.29, 0.717) is 18.2 Å². The van der Waals surface area contributed by atoms with Crippen LogP contribution in [-0.2, 0) is 11.2 Å². The van der Waals surface area contributed by atoms with Crippen LogP contribution in [0.4, 0.5) is 0 Å². The minimum absolute atomic E-state index is 0.361. The summed E-state index contributed by atoms with van der Waals surface area (Å²) in [6, 6.07) is 9.95. The molecule has 0 radical (unpaired) electrons. The van der Waals surface area contributed by atoms with Crippen molar-refractivity contribution in [3.63, 3.8) is 0 Å². The molecule has 1 aromatic rings. The van der Waals surface area contributed by atoms with Crippen LogP contribution >= 0.6 is 0 Å². The Morgan fingerprint density at radius 1 is 1.37 bits per heavy atom. The maximum Gasteiger partial charge on any atom is 0.0674 e. The number of hydrogen-bond acceptors (Lipinski definition) is 3. The number of fused-ring (bicyclic) bond motifs is 1. The van der Waals surface area contributed by atoms with Gasteiger partial charge in [-0.15, -0.1) is 0 Å². The molecule has 3 rings (SSSR count). The van der Waals surface area contributed by atoms with Crippen LogP contribution in [0.25, 0.3) is 0 Å². The number of rotatable bonds is 3. The van der Waals surface area contributed by atoms with E-state index in [2.05, 4.69) is 48.3 Å². The van der Waals surface area contributed by atoms with Crippen molar-refractivity contribution in [2.45, 2.75) is 38.5 Å². The third-order valence-corrected chi connectivity index (χ3v) is 4.37. The summed E-state index contributed by atoms with van der Waals surface area (Å²) >= 11 is 0. The lowest BCUT2D eigenvalue weighted by atomic mass is 10.1. The molecule has 3 unspecified atom stereocenters. The lowest BCUT2D eigenvalue weighted by Crippen LogP contribution is -2.50. The molecule has 0 amide bonds. The van der Waals surface area contributed by atoms with Gasteiger partial charge in [-0.1, -0.05) is 31.2 Å². The Labute approximate surface area is 115 Å². The Balaban J connectivity index is 1.82. The van der Waals surface area contributed by atoms with Gasteiger partial charge in [0.15, 0.2) is 0 Å². The van der Waals surface area contributed by atoms with Gasteiger partial charge in [0.25, 0.3) is 0 Å². The molecule has 104 valence electrons. The highest BCUT2D eigenvalue weighted by molar-refractivity contribution is 5.37. The Hall–Kier alpha value is -0.900. The van der Waals surface area contributed by atoms with Crippen molar-refractivity contribution < 1.29 is 4.74 Å². The van der Waals surface area contributed by atoms with Crippen LogP contribution in [0.2, 0.25) is 0 Å². The number of morpholine rings is 1. The second kappa shape index (κ2) is 5.61. The van der Waals surface area contributed by atoms with E-state index in [9.17, 15) is 0 Å². The molecule has 19 heavy (non-hydrogen) atoms. The van der Waals surface area contributed by atoms with Gasteiger partial charge in [-0.2, -0.15) is 0 Å². The highest BCUT2D eigenvalue weighted by atomic mass is 16.5. The largest absolute Gasteiger partial charge is 0.376 e. The van der Waals surface area contributed by atoms with Crippen molar-refractivity contribution in [1.82, 2.24) is 10.2 Å². The Bertz CT molecular complexity index is 435. The third-order valence-electron chi connectivity index (χ3n) is 4.37. The molecule has 1 aliphatic heterocycles. The summed E-state index contributed by atoms with van der Waals surface area (Å²) < 4.78 is 5.68. The molecule has 0 spiro atoms. The first-order valence-corrected chi connectivity index (χ1v) is 7.46. The van der Waals surface area contributed by atoms with E-state index in [1.807, 2.05) is 0 Å². The standard InChI is InChI=1S/C16H24N2O/c1-3-17-16-14-7-5-4-6-13(14)10-15(16)18-8-9-19-12(2)11-18/h4-7,12,15-17H,3,8-11H2,1-2H3. The van der Waals surface area contributed by atoms with E-state index >= 15 is 0 Å². The molecular formula is C16H24N2O. The molecule has 3 heteroatoms. The van der Waals surface area contributed by atoms with Crippen molar-refractivity contribution >= 4 is 0 Å². The van der Waals surface area contributed by atoms with Gasteiger partial charge in [0, 0.05) is 25.2 Å². The first kappa shape index (κ1) is 13.1. The van der Waals surface area contributed by atoms with E-state index < -0.39 is 0 Å². The second-order valence-corrected chi connectivity index (χ2v) is 5.68. The van der Waals surface area contributed by atoms with Crippen LogP contribution in [0.1, 0.15) is 31.0 Å². The highest BCUT2D eigenvalue weighted by Gasteiger charge is 2.36. The SMILES string of the molecule is CCNC1c2ccccc2CC1N1CCOC(C)C1. The number of ether oxygens (including phenoxy) is 1. The van der Waals surface area contributed by atoms with Crippen LogP contribution in [-0.4, -0.2) is 43.3 Å². The predicted octanol–water partition coefficient (Wildman–Crippen LogP) is 1.98. The average Bonchev–Trinajstić information content (AvgIpc) is 2.79. The second-order valence-electron chi connectivity index (χ2n) is 5.68. The summed E-state index contributed by atoms with van der Waals surface area (Å²) in [6.45, 7) is 8.38. The summed E-state index contributed by atoms with van der Waals surface area (Å²) in [6.07, 6.45) is 1.53. The molecule has 3 nitrogen and oxygen atoms in total. The van der Waals surface area contributed by atoms with Gasteiger partial charge in [-0.3, -0.25) is 4.90 Å². The van der Waals surface area contributed by atoms with Crippen molar-refractivity contribution in [2.75, 3.05) is 26.2 Å². The fraction of sp³-hybridized carbons (Fsp3) is 0.625. The van der Waals surface area contributed by atoms with Crippen LogP contribution in [0, 0.1) is 0 Å². The van der Waals surface area contributed by atoms with Crippen molar-refractivity contribution in [3.05, 3.63) is 35.4 Å². The van der Waals surface area contributed by atoms with Gasteiger partial charge in [-0.25, -0.2) is 0 Å². The molecule has 1 heterocycles. The molecule has 1 aromatic carbocycles. The fourth-order valence-electron chi connectivity index (χ4n) is 3.53. The molecule has 0 saturated carbocycles. The number of likely N-dealkylation sites (N-methyl/N-ethyl adjacent to an activating group) is 1.